The van der Waals surface area contributed by atoms with E-state index < -0.39 is 75.7 Å². The van der Waals surface area contributed by atoms with Crippen LogP contribution < -0.4 is 0 Å². The quantitative estimate of drug-likeness (QED) is 0.0146. The molecule has 8 atom stereocenters. The van der Waals surface area contributed by atoms with Gasteiger partial charge in [0.1, 0.15) is 43.2 Å². The zero-order valence-corrected chi connectivity index (χ0v) is 40.7. The fourth-order valence-electron chi connectivity index (χ4n) is 7.08. The number of aliphatic hydroxyl groups is 5. The summed E-state index contributed by atoms with van der Waals surface area (Å²) in [6, 6.07) is 0. The van der Waals surface area contributed by atoms with Crippen LogP contribution in [0, 0.1) is 0 Å². The van der Waals surface area contributed by atoms with Crippen LogP contribution in [0.2, 0.25) is 0 Å². The molecule has 0 heterocycles. The average molecular weight is 939 g/mol. The van der Waals surface area contributed by atoms with Crippen molar-refractivity contribution in [2.24, 2.45) is 0 Å². The van der Waals surface area contributed by atoms with Crippen LogP contribution in [0.15, 0.2) is 72.9 Å². The van der Waals surface area contributed by atoms with E-state index in [0.29, 0.717) is 19.3 Å². The maximum Gasteiger partial charge on any atom is 0.472 e. The van der Waals surface area contributed by atoms with Crippen molar-refractivity contribution >= 4 is 19.8 Å². The first kappa shape index (κ1) is 60.3. The van der Waals surface area contributed by atoms with Gasteiger partial charge in [-0.1, -0.05) is 164 Å². The predicted molar refractivity (Wildman–Crippen MR) is 258 cm³/mol. The molecule has 0 aromatic rings. The minimum atomic E-state index is -5.14. The Labute approximate surface area is 391 Å². The third-order valence-corrected chi connectivity index (χ3v) is 12.0. The molecule has 13 nitrogen and oxygen atoms in total. The normalized spacial score (nSPS) is 22.0. The number of phosphoric ester groups is 1. The number of allylic oxidation sites excluding steroid dienone is 12. The van der Waals surface area contributed by atoms with E-state index in [1.165, 1.54) is 70.6 Å². The molecular formula is C51H87O13P. The SMILES string of the molecule is CC/C=C/C/C=C/C/C=C/C/C=C/C/C=C/CCCC(=O)O[C@@H](COC(=O)CCCCCCCCCCC/C=C/CCCCCCCC)COP(=O)(O)OC1C(O)C(O)C(O)[C@H](O)C1O. The lowest BCUT2D eigenvalue weighted by Gasteiger charge is -2.41. The molecule has 6 unspecified atom stereocenters. The first-order chi connectivity index (χ1) is 31.4. The third-order valence-electron chi connectivity index (χ3n) is 11.0. The predicted octanol–water partition coefficient (Wildman–Crippen LogP) is 10.3. The van der Waals surface area contributed by atoms with E-state index in [2.05, 4.69) is 74.6 Å². The van der Waals surface area contributed by atoms with Gasteiger partial charge in [-0.05, 0) is 77.0 Å². The maximum atomic E-state index is 12.8. The van der Waals surface area contributed by atoms with Crippen LogP contribution in [0.5, 0.6) is 0 Å². The third kappa shape index (κ3) is 32.6. The van der Waals surface area contributed by atoms with Gasteiger partial charge in [0.05, 0.1) is 6.61 Å². The van der Waals surface area contributed by atoms with Crippen LogP contribution in [-0.4, -0.2) is 98.3 Å². The molecule has 0 radical (unpaired) electrons. The molecule has 1 aliphatic carbocycles. The standard InChI is InChI=1S/C51H87O13P/c1-3-5-7-9-11-13-15-17-19-21-22-24-25-27-29-31-33-35-37-39-44(52)61-41-43(42-62-65(59,60)64-51-49(57)47(55)46(54)48(56)50(51)58)63-45(53)40-38-36-34-32-30-28-26-23-20-18-16-14-12-10-8-6-4-2/h6,8,12,14,17-20,26,28,32,34,43,46-51,54-58H,3-5,7,9-11,13,15-16,21-25,27,29-31,33,35-42H2,1-2H3,(H,59,60)/b8-6+,14-12+,19-17+,20-18+,28-26+,34-32+/t43-,46?,47-,48?,49?,50?,51?/m0/s1. The number of hydrogen-bond donors (Lipinski definition) is 6. The molecule has 374 valence electrons. The molecule has 0 bridgehead atoms. The second-order valence-corrected chi connectivity index (χ2v) is 18.3. The van der Waals surface area contributed by atoms with E-state index in [0.717, 1.165) is 64.2 Å². The van der Waals surface area contributed by atoms with Crippen LogP contribution in [0.3, 0.4) is 0 Å². The van der Waals surface area contributed by atoms with Crippen LogP contribution in [0.1, 0.15) is 181 Å². The summed E-state index contributed by atoms with van der Waals surface area (Å²) in [6.07, 6.45) is 38.1. The Bertz CT molecular complexity index is 1410. The van der Waals surface area contributed by atoms with Gasteiger partial charge in [0.2, 0.25) is 0 Å². The fourth-order valence-corrected chi connectivity index (χ4v) is 8.05. The van der Waals surface area contributed by atoms with E-state index in [-0.39, 0.29) is 12.8 Å². The van der Waals surface area contributed by atoms with E-state index in [1.54, 1.807) is 0 Å². The molecule has 0 spiro atoms. The highest BCUT2D eigenvalue weighted by Crippen LogP contribution is 2.47. The highest BCUT2D eigenvalue weighted by molar-refractivity contribution is 7.47. The first-order valence-electron chi connectivity index (χ1n) is 24.7. The minimum absolute atomic E-state index is 0.0152. The molecule has 0 aromatic heterocycles. The van der Waals surface area contributed by atoms with Crippen molar-refractivity contribution in [1.82, 2.24) is 0 Å². The second kappa shape index (κ2) is 40.4. The van der Waals surface area contributed by atoms with E-state index in [4.69, 9.17) is 18.5 Å². The molecule has 0 aliphatic heterocycles. The molecule has 0 amide bonds. The summed E-state index contributed by atoms with van der Waals surface area (Å²) in [4.78, 5) is 35.8. The van der Waals surface area contributed by atoms with E-state index >= 15 is 0 Å². The molecule has 0 aromatic carbocycles. The summed E-state index contributed by atoms with van der Waals surface area (Å²) in [5.74, 6) is -1.17. The molecule has 1 rings (SSSR count). The second-order valence-electron chi connectivity index (χ2n) is 16.9. The van der Waals surface area contributed by atoms with Gasteiger partial charge in [0, 0.05) is 12.8 Å². The Balaban J connectivity index is 2.46. The summed E-state index contributed by atoms with van der Waals surface area (Å²) < 4.78 is 33.5. The summed E-state index contributed by atoms with van der Waals surface area (Å²) in [7, 11) is -5.14. The van der Waals surface area contributed by atoms with E-state index in [9.17, 15) is 44.6 Å². The lowest BCUT2D eigenvalue weighted by molar-refractivity contribution is -0.220. The van der Waals surface area contributed by atoms with Crippen LogP contribution in [-0.2, 0) is 32.7 Å². The molecular weight excluding hydrogens is 852 g/mol. The average Bonchev–Trinajstić information content (AvgIpc) is 3.29. The summed E-state index contributed by atoms with van der Waals surface area (Å²) in [5.41, 5.74) is 0. The molecule has 1 aliphatic rings. The Morgan fingerprint density at radius 1 is 0.492 bits per heavy atom. The van der Waals surface area contributed by atoms with Crippen LogP contribution in [0.25, 0.3) is 0 Å². The van der Waals surface area contributed by atoms with Crippen molar-refractivity contribution in [3.8, 4) is 0 Å². The van der Waals surface area contributed by atoms with Gasteiger partial charge in [-0.2, -0.15) is 0 Å². The summed E-state index contributed by atoms with van der Waals surface area (Å²) >= 11 is 0. The van der Waals surface area contributed by atoms with Gasteiger partial charge in [0.25, 0.3) is 0 Å². The smallest absolute Gasteiger partial charge is 0.462 e. The Kier molecular flexibility index (Phi) is 37.5. The Hall–Kier alpha value is -2.71. The zero-order chi connectivity index (χ0) is 47.8. The van der Waals surface area contributed by atoms with Crippen molar-refractivity contribution < 1.29 is 63.1 Å². The fraction of sp³-hybridized carbons (Fsp3) is 0.725. The Morgan fingerprint density at radius 3 is 1.40 bits per heavy atom. The maximum absolute atomic E-state index is 12.8. The zero-order valence-electron chi connectivity index (χ0n) is 39.8. The number of ether oxygens (including phenoxy) is 2. The molecule has 14 heteroatoms. The monoisotopic (exact) mass is 939 g/mol. The summed E-state index contributed by atoms with van der Waals surface area (Å²) in [6.45, 7) is 3.14. The molecule has 1 fully saturated rings. The van der Waals surface area contributed by atoms with Crippen molar-refractivity contribution in [1.29, 1.82) is 0 Å². The number of esters is 2. The molecule has 6 N–H and O–H groups in total. The van der Waals surface area contributed by atoms with Gasteiger partial charge >= 0.3 is 19.8 Å². The van der Waals surface area contributed by atoms with Crippen LogP contribution >= 0.6 is 7.82 Å². The van der Waals surface area contributed by atoms with Crippen molar-refractivity contribution in [3.05, 3.63) is 72.9 Å². The van der Waals surface area contributed by atoms with Gasteiger partial charge in [-0.25, -0.2) is 4.57 Å². The van der Waals surface area contributed by atoms with Gasteiger partial charge < -0.3 is 39.9 Å². The van der Waals surface area contributed by atoms with E-state index in [1.807, 2.05) is 12.2 Å². The number of aliphatic hydroxyl groups excluding tert-OH is 5. The van der Waals surface area contributed by atoms with Crippen molar-refractivity contribution in [2.75, 3.05) is 13.2 Å². The van der Waals surface area contributed by atoms with Crippen LogP contribution in [0.4, 0.5) is 0 Å². The highest BCUT2D eigenvalue weighted by Gasteiger charge is 2.51. The van der Waals surface area contributed by atoms with Crippen molar-refractivity contribution in [2.45, 2.75) is 224 Å². The summed E-state index contributed by atoms with van der Waals surface area (Å²) in [5, 5.41) is 50.2. The number of carbonyl (C=O) groups excluding carboxylic acids is 2. The number of rotatable bonds is 40. The Morgan fingerprint density at radius 2 is 0.892 bits per heavy atom. The lowest BCUT2D eigenvalue weighted by atomic mass is 9.85. The minimum Gasteiger partial charge on any atom is -0.462 e. The first-order valence-corrected chi connectivity index (χ1v) is 26.2. The topological polar surface area (TPSA) is 210 Å². The highest BCUT2D eigenvalue weighted by atomic mass is 31.2. The van der Waals surface area contributed by atoms with Gasteiger partial charge in [-0.15, -0.1) is 0 Å². The van der Waals surface area contributed by atoms with Gasteiger partial charge in [-0.3, -0.25) is 18.6 Å². The van der Waals surface area contributed by atoms with Crippen molar-refractivity contribution in [3.63, 3.8) is 0 Å². The molecule has 0 saturated heterocycles. The number of unbranched alkanes of at least 4 members (excludes halogenated alkanes) is 16. The molecule has 65 heavy (non-hydrogen) atoms. The number of phosphoric acid groups is 1. The lowest BCUT2D eigenvalue weighted by Crippen LogP contribution is -2.64. The largest absolute Gasteiger partial charge is 0.472 e. The van der Waals surface area contributed by atoms with Gasteiger partial charge in [0.15, 0.2) is 6.10 Å². The molecule has 1 saturated carbocycles. The number of carbonyl (C=O) groups is 2. The number of hydrogen-bond acceptors (Lipinski definition) is 12.